The number of allylic oxidation sites excluding steroid dienone is 6. The number of amides is 5. The largest absolute Gasteiger partial charge is 0.744 e. The molecule has 0 aromatic heterocycles. The molecule has 97 heavy (non-hydrogen) atoms. The third-order valence-corrected chi connectivity index (χ3v) is 20.5. The molecular formula is C63H74N10O20S4. The van der Waals surface area contributed by atoms with Crippen molar-refractivity contribution in [1.82, 2.24) is 26.6 Å². The summed E-state index contributed by atoms with van der Waals surface area (Å²) >= 11 is 0. The number of hydrogen-bond donors (Lipinski definition) is 12. The lowest BCUT2D eigenvalue weighted by molar-refractivity contribution is -0.438. The zero-order valence-electron chi connectivity index (χ0n) is 53.1. The number of carboxylic acid groups (broad SMARTS) is 1. The predicted octanol–water partition coefficient (Wildman–Crippen LogP) is 2.93. The fourth-order valence-electron chi connectivity index (χ4n) is 12.2. The minimum Gasteiger partial charge on any atom is -0.744 e. The van der Waals surface area contributed by atoms with Crippen LogP contribution in [0, 0.1) is 0 Å². The van der Waals surface area contributed by atoms with Gasteiger partial charge in [0.25, 0.3) is 30.4 Å². The summed E-state index contributed by atoms with van der Waals surface area (Å²) in [6.45, 7) is 9.11. The van der Waals surface area contributed by atoms with Gasteiger partial charge < -0.3 is 57.7 Å². The number of carbonyl (C=O) groups is 6. The zero-order valence-corrected chi connectivity index (χ0v) is 56.4. The van der Waals surface area contributed by atoms with Crippen LogP contribution >= 0.6 is 0 Å². The summed E-state index contributed by atoms with van der Waals surface area (Å²) in [5.41, 5.74) is 13.1. The molecule has 8 rings (SSSR count). The minimum atomic E-state index is -5.40. The third kappa shape index (κ3) is 17.2. The molecule has 0 saturated carbocycles. The van der Waals surface area contributed by atoms with Crippen LogP contribution in [0.2, 0.25) is 0 Å². The van der Waals surface area contributed by atoms with Crippen molar-refractivity contribution < 1.29 is 95.4 Å². The van der Waals surface area contributed by atoms with Gasteiger partial charge in [-0.1, -0.05) is 50.6 Å². The molecule has 1 saturated heterocycles. The van der Waals surface area contributed by atoms with E-state index in [4.69, 9.17) is 11.5 Å². The predicted molar refractivity (Wildman–Crippen MR) is 354 cm³/mol. The summed E-state index contributed by atoms with van der Waals surface area (Å²) in [7, 11) is -20.4. The number of likely N-dealkylation sites (N-methyl/N-ethyl adjacent to an activating group) is 1. The van der Waals surface area contributed by atoms with Gasteiger partial charge in [0.1, 0.15) is 51.5 Å². The average molecular weight is 1420 g/mol. The Labute approximate surface area is 559 Å². The Kier molecular flexibility index (Phi) is 21.9. The number of anilines is 1. The van der Waals surface area contributed by atoms with E-state index in [1.54, 1.807) is 30.4 Å². The Bertz CT molecular complexity index is 4680. The summed E-state index contributed by atoms with van der Waals surface area (Å²) in [6, 6.07) is 8.96. The molecule has 520 valence electrons. The molecule has 14 N–H and O–H groups in total. The number of rotatable bonds is 22. The molecule has 1 fully saturated rings. The molecule has 0 radical (unpaired) electrons. The Morgan fingerprint density at radius 2 is 1.24 bits per heavy atom. The van der Waals surface area contributed by atoms with E-state index in [1.807, 2.05) is 50.2 Å². The highest BCUT2D eigenvalue weighted by atomic mass is 32.2. The molecule has 3 aliphatic heterocycles. The number of nitrogens with two attached hydrogens (primary N) is 2. The Hall–Kier alpha value is -9.16. The van der Waals surface area contributed by atoms with Gasteiger partial charge in [0.05, 0.1) is 33.1 Å². The van der Waals surface area contributed by atoms with Gasteiger partial charge >= 0.3 is 5.97 Å². The molecule has 34 heteroatoms. The van der Waals surface area contributed by atoms with Crippen LogP contribution in [0.5, 0.6) is 5.75 Å². The molecule has 5 aromatic carbocycles. The molecule has 0 bridgehead atoms. The zero-order chi connectivity index (χ0) is 71.5. The summed E-state index contributed by atoms with van der Waals surface area (Å²) < 4.78 is 145. The van der Waals surface area contributed by atoms with E-state index in [0.29, 0.717) is 65.3 Å². The summed E-state index contributed by atoms with van der Waals surface area (Å²) in [5, 5.41) is 32.2. The maximum atomic E-state index is 14.5. The van der Waals surface area contributed by atoms with Gasteiger partial charge in [0.2, 0.25) is 35.2 Å². The molecule has 0 aliphatic carbocycles. The smallest absolute Gasteiger partial charge is 0.305 e. The maximum Gasteiger partial charge on any atom is 0.305 e. The number of phenols is 1. The van der Waals surface area contributed by atoms with E-state index in [1.165, 1.54) is 42.5 Å². The molecular weight excluding hydrogens is 1350 g/mol. The van der Waals surface area contributed by atoms with Crippen molar-refractivity contribution in [2.75, 3.05) is 31.1 Å². The van der Waals surface area contributed by atoms with Crippen LogP contribution in [0.3, 0.4) is 0 Å². The Balaban J connectivity index is 1.14. The summed E-state index contributed by atoms with van der Waals surface area (Å²) in [5.74, 6) is -6.59. The number of phenolic OH excluding ortho intramolecular Hbond substituents is 1. The number of fused-ring (bicyclic) bond motifs is 4. The first-order chi connectivity index (χ1) is 45.2. The van der Waals surface area contributed by atoms with Crippen LogP contribution in [-0.2, 0) is 86.5 Å². The minimum absolute atomic E-state index is 0.000724. The number of aromatic hydroxyl groups is 1. The van der Waals surface area contributed by atoms with Crippen molar-refractivity contribution in [2.45, 2.75) is 141 Å². The summed E-state index contributed by atoms with van der Waals surface area (Å²) in [4.78, 5) is 84.4. The lowest BCUT2D eigenvalue weighted by Crippen LogP contribution is -2.58. The first-order valence-electron chi connectivity index (χ1n) is 30.3. The number of nitrogens with one attached hydrogen (secondary N) is 5. The van der Waals surface area contributed by atoms with Crippen molar-refractivity contribution in [2.24, 2.45) is 16.5 Å². The third-order valence-electron chi connectivity index (χ3n) is 17.0. The monoisotopic (exact) mass is 1420 g/mol. The highest BCUT2D eigenvalue weighted by Crippen LogP contribution is 2.50. The van der Waals surface area contributed by atoms with Gasteiger partial charge in [0, 0.05) is 71.2 Å². The lowest BCUT2D eigenvalue weighted by Gasteiger charge is -2.26. The number of carbonyl (C=O) groups excluding carboxylic acids is 5. The number of nitrogens with zero attached hydrogens (tertiary/aromatic N) is 3. The molecule has 3 aliphatic rings. The van der Waals surface area contributed by atoms with Gasteiger partial charge in [-0.2, -0.15) is 29.8 Å². The van der Waals surface area contributed by atoms with Crippen LogP contribution in [0.4, 0.5) is 11.4 Å². The highest BCUT2D eigenvalue weighted by Gasteiger charge is 2.45. The number of guanidine groups is 1. The maximum absolute atomic E-state index is 14.5. The van der Waals surface area contributed by atoms with Crippen molar-refractivity contribution in [3.8, 4) is 5.75 Å². The molecule has 30 nitrogen and oxygen atoms in total. The van der Waals surface area contributed by atoms with E-state index >= 15 is 0 Å². The number of unbranched alkanes of at least 4 members (excludes halogenated alkanes) is 2. The molecule has 3 heterocycles. The fraction of sp³-hybridized carbons (Fsp3) is 0.365. The van der Waals surface area contributed by atoms with E-state index in [0.717, 1.165) is 17.8 Å². The van der Waals surface area contributed by atoms with Gasteiger partial charge in [0.15, 0.2) is 11.7 Å². The lowest BCUT2D eigenvalue weighted by atomic mass is 9.80. The van der Waals surface area contributed by atoms with Crippen LogP contribution in [0.25, 0.3) is 21.5 Å². The van der Waals surface area contributed by atoms with Crippen LogP contribution in [0.15, 0.2) is 133 Å². The van der Waals surface area contributed by atoms with Gasteiger partial charge in [-0.25, -0.2) is 8.42 Å². The Morgan fingerprint density at radius 1 is 0.670 bits per heavy atom. The molecule has 5 amide bonds. The van der Waals surface area contributed by atoms with E-state index in [2.05, 4.69) is 31.6 Å². The molecule has 0 unspecified atom stereocenters. The van der Waals surface area contributed by atoms with Crippen molar-refractivity contribution in [3.05, 3.63) is 126 Å². The molecule has 5 aromatic rings. The quantitative estimate of drug-likeness (QED) is 0.0118. The average Bonchev–Trinajstić information content (AvgIpc) is 1.62. The van der Waals surface area contributed by atoms with Crippen molar-refractivity contribution in [3.63, 3.8) is 0 Å². The Morgan fingerprint density at radius 3 is 1.82 bits per heavy atom. The van der Waals surface area contributed by atoms with E-state index in [9.17, 15) is 90.9 Å². The molecule has 0 spiro atoms. The fourth-order valence-corrected chi connectivity index (χ4v) is 14.9. The van der Waals surface area contributed by atoms with Crippen molar-refractivity contribution in [1.29, 1.82) is 0 Å². The second-order valence-electron chi connectivity index (χ2n) is 24.5. The number of aliphatic carboxylic acids is 1. The first-order valence-corrected chi connectivity index (χ1v) is 36.1. The standard InChI is InChI=1S/C63H74N10O20S4/c1-6-72-49-31-41-36(25-39(94(82,83)84)29-51(41)96(88,89)90)27-43(49)62(2,3)53(72)16-10-7-11-17-54-63(4,5)44-28-37-26-40(95(85,86)87)30-52(97(91,92)93)42(37)32-50(44)73(54)23-12-8-9-14-46-58(79)69-45(15-13-22-66-61(64)65)57(78)67-34-55(75)68-48(33-56(76)77)60(81)71-47(59(80)70-46)24-35-18-20-38(74)21-19-35/h7,10-11,16-21,25-32,45-48H,6,8-9,12-15,22-24,33-34H2,1-5H3,(H14-,64,65,66,67,68,69,70,71,74,75,76,77,78,79,80,81,82,83,84,85,86,87,88,89,90,91,92,93)/t45-,46-,47+,48-/m0/s1. The van der Waals surface area contributed by atoms with Crippen LogP contribution < -0.4 is 43.0 Å². The number of benzene rings is 5. The number of hydrogen-bond acceptors (Lipinski definition) is 18. The second kappa shape index (κ2) is 28.9. The first kappa shape index (κ1) is 73.6. The van der Waals surface area contributed by atoms with E-state index < -0.39 is 144 Å². The van der Waals surface area contributed by atoms with Crippen LogP contribution in [-0.4, -0.2) is 164 Å². The van der Waals surface area contributed by atoms with Gasteiger partial charge in [-0.05, 0) is 129 Å². The SMILES string of the molecule is CCN1/C(=C/C=C/C=C/C2=[N+](CCCCC[C@@H]3NC(=O)[C@@H](Cc4ccc(O)cc4)NC(=O)[C@H](CC(=O)O)NC(=O)CNC(=O)[C@H](CCCN=C(N)N)NC3=O)c3cc4c(S(=O)(=O)[O-])cc(S(=O)(=O)O)cc4cc3C2(C)C)C(C)(C)c2cc3cc(S(=O)(=O)O)cc(S(=O)(=O)O)c3cc21. The molecule has 4 atom stereocenters. The highest BCUT2D eigenvalue weighted by molar-refractivity contribution is 7.87. The topological polar surface area (TPSA) is 494 Å². The van der Waals surface area contributed by atoms with Crippen molar-refractivity contribution >= 4 is 121 Å². The second-order valence-corrected chi connectivity index (χ2v) is 30.1. The van der Waals surface area contributed by atoms with Crippen LogP contribution in [0.1, 0.15) is 96.3 Å². The van der Waals surface area contributed by atoms with Gasteiger partial charge in [-0.15, -0.1) is 0 Å². The number of carboxylic acids is 1. The number of aliphatic imine (C=N–C) groups is 1. The normalized spacial score (nSPS) is 20.1. The van der Waals surface area contributed by atoms with Gasteiger partial charge in [-0.3, -0.25) is 47.4 Å². The van der Waals surface area contributed by atoms with E-state index in [-0.39, 0.29) is 78.4 Å². The summed E-state index contributed by atoms with van der Waals surface area (Å²) in [6.07, 6.45) is 8.25.